The number of ether oxygens (including phenoxy) is 2. The maximum atomic E-state index is 6.01. The highest BCUT2D eigenvalue weighted by atomic mass is 16.5. The van der Waals surface area contributed by atoms with Crippen molar-refractivity contribution in [2.45, 2.75) is 71.1 Å². The fraction of sp³-hybridized carbons (Fsp3) is 0.750. The molecule has 0 amide bonds. The van der Waals surface area contributed by atoms with E-state index in [9.17, 15) is 0 Å². The van der Waals surface area contributed by atoms with Crippen LogP contribution in [-0.2, 0) is 4.74 Å². The SMILES string of the molecule is CCC1(CC)CC(Nc2cc(OC(C)C)ncn2)CCO1. The summed E-state index contributed by atoms with van der Waals surface area (Å²) in [6.45, 7) is 9.19. The van der Waals surface area contributed by atoms with Crippen molar-refractivity contribution >= 4 is 5.82 Å². The van der Waals surface area contributed by atoms with Crippen LogP contribution in [0.2, 0.25) is 0 Å². The molecule has 5 heteroatoms. The minimum absolute atomic E-state index is 0.0141. The van der Waals surface area contributed by atoms with Gasteiger partial charge in [0.2, 0.25) is 5.88 Å². The summed E-state index contributed by atoms with van der Waals surface area (Å²) in [4.78, 5) is 8.43. The van der Waals surface area contributed by atoms with Gasteiger partial charge < -0.3 is 14.8 Å². The molecule has 0 aliphatic carbocycles. The first-order valence-electron chi connectivity index (χ1n) is 7.96. The van der Waals surface area contributed by atoms with Crippen LogP contribution in [0.25, 0.3) is 0 Å². The van der Waals surface area contributed by atoms with Gasteiger partial charge in [-0.25, -0.2) is 9.97 Å². The summed E-state index contributed by atoms with van der Waals surface area (Å²) in [5.74, 6) is 1.44. The van der Waals surface area contributed by atoms with Gasteiger partial charge in [-0.2, -0.15) is 0 Å². The van der Waals surface area contributed by atoms with Crippen LogP contribution in [-0.4, -0.2) is 34.3 Å². The molecule has 0 saturated carbocycles. The zero-order valence-electron chi connectivity index (χ0n) is 13.6. The molecule has 1 aromatic heterocycles. The van der Waals surface area contributed by atoms with E-state index >= 15 is 0 Å². The van der Waals surface area contributed by atoms with E-state index in [0.29, 0.717) is 11.9 Å². The minimum Gasteiger partial charge on any atom is -0.475 e. The van der Waals surface area contributed by atoms with Crippen LogP contribution >= 0.6 is 0 Å². The lowest BCUT2D eigenvalue weighted by Gasteiger charge is -2.40. The van der Waals surface area contributed by atoms with Crippen molar-refractivity contribution in [2.75, 3.05) is 11.9 Å². The molecule has 1 aliphatic heterocycles. The molecule has 1 unspecified atom stereocenters. The summed E-state index contributed by atoms with van der Waals surface area (Å²) < 4.78 is 11.6. The Balaban J connectivity index is 2.01. The first-order valence-corrected chi connectivity index (χ1v) is 7.96. The van der Waals surface area contributed by atoms with E-state index < -0.39 is 0 Å². The van der Waals surface area contributed by atoms with Crippen LogP contribution in [0.4, 0.5) is 5.82 Å². The minimum atomic E-state index is 0.0141. The Morgan fingerprint density at radius 1 is 1.38 bits per heavy atom. The van der Waals surface area contributed by atoms with Gasteiger partial charge in [-0.1, -0.05) is 13.8 Å². The monoisotopic (exact) mass is 293 g/mol. The van der Waals surface area contributed by atoms with Crippen LogP contribution < -0.4 is 10.1 Å². The molecule has 21 heavy (non-hydrogen) atoms. The van der Waals surface area contributed by atoms with Crippen molar-refractivity contribution in [3.05, 3.63) is 12.4 Å². The smallest absolute Gasteiger partial charge is 0.218 e. The Labute approximate surface area is 127 Å². The Morgan fingerprint density at radius 3 is 2.81 bits per heavy atom. The van der Waals surface area contributed by atoms with Crippen molar-refractivity contribution in [3.8, 4) is 5.88 Å². The fourth-order valence-corrected chi connectivity index (χ4v) is 2.83. The number of nitrogens with zero attached hydrogens (tertiary/aromatic N) is 2. The van der Waals surface area contributed by atoms with Crippen LogP contribution in [0.3, 0.4) is 0 Å². The van der Waals surface area contributed by atoms with Crippen molar-refractivity contribution in [1.29, 1.82) is 0 Å². The van der Waals surface area contributed by atoms with Gasteiger partial charge in [-0.15, -0.1) is 0 Å². The van der Waals surface area contributed by atoms with E-state index in [2.05, 4.69) is 29.1 Å². The molecule has 1 N–H and O–H groups in total. The van der Waals surface area contributed by atoms with E-state index in [-0.39, 0.29) is 11.7 Å². The zero-order valence-corrected chi connectivity index (χ0v) is 13.6. The number of nitrogens with one attached hydrogen (secondary N) is 1. The van der Waals surface area contributed by atoms with E-state index in [4.69, 9.17) is 9.47 Å². The first-order chi connectivity index (χ1) is 10.1. The highest BCUT2D eigenvalue weighted by molar-refractivity contribution is 5.38. The van der Waals surface area contributed by atoms with Crippen LogP contribution in [0.1, 0.15) is 53.4 Å². The van der Waals surface area contributed by atoms with Crippen molar-refractivity contribution < 1.29 is 9.47 Å². The summed E-state index contributed by atoms with van der Waals surface area (Å²) in [5.41, 5.74) is 0.0141. The lowest BCUT2D eigenvalue weighted by molar-refractivity contribution is -0.0864. The summed E-state index contributed by atoms with van der Waals surface area (Å²) in [5, 5.41) is 3.51. The van der Waals surface area contributed by atoms with Gasteiger partial charge in [-0.3, -0.25) is 0 Å². The summed E-state index contributed by atoms with van der Waals surface area (Å²) in [6.07, 6.45) is 5.78. The third kappa shape index (κ3) is 4.30. The van der Waals surface area contributed by atoms with Crippen molar-refractivity contribution in [1.82, 2.24) is 9.97 Å². The van der Waals surface area contributed by atoms with Crippen molar-refractivity contribution in [3.63, 3.8) is 0 Å². The average Bonchev–Trinajstić information content (AvgIpc) is 2.47. The van der Waals surface area contributed by atoms with Gasteiger partial charge >= 0.3 is 0 Å². The molecule has 0 aromatic carbocycles. The molecule has 1 aliphatic rings. The second kappa shape index (κ2) is 7.07. The lowest BCUT2D eigenvalue weighted by atomic mass is 9.86. The maximum Gasteiger partial charge on any atom is 0.218 e. The van der Waals surface area contributed by atoms with E-state index in [1.807, 2.05) is 19.9 Å². The molecule has 5 nitrogen and oxygen atoms in total. The van der Waals surface area contributed by atoms with Crippen LogP contribution in [0, 0.1) is 0 Å². The van der Waals surface area contributed by atoms with Gasteiger partial charge in [0.25, 0.3) is 0 Å². The van der Waals surface area contributed by atoms with Crippen LogP contribution in [0.15, 0.2) is 12.4 Å². The second-order valence-electron chi connectivity index (χ2n) is 5.98. The molecule has 0 radical (unpaired) electrons. The largest absolute Gasteiger partial charge is 0.475 e. The summed E-state index contributed by atoms with van der Waals surface area (Å²) in [7, 11) is 0. The van der Waals surface area contributed by atoms with Gasteiger partial charge in [0.15, 0.2) is 0 Å². The molecule has 1 aromatic rings. The Morgan fingerprint density at radius 2 is 2.14 bits per heavy atom. The molecular weight excluding hydrogens is 266 g/mol. The molecule has 1 fully saturated rings. The van der Waals surface area contributed by atoms with Gasteiger partial charge in [0.05, 0.1) is 11.7 Å². The van der Waals surface area contributed by atoms with Crippen LogP contribution in [0.5, 0.6) is 5.88 Å². The quantitative estimate of drug-likeness (QED) is 0.871. The maximum absolute atomic E-state index is 6.01. The number of rotatable bonds is 6. The van der Waals surface area contributed by atoms with Gasteiger partial charge in [-0.05, 0) is 39.5 Å². The molecule has 0 spiro atoms. The fourth-order valence-electron chi connectivity index (χ4n) is 2.83. The molecule has 1 saturated heterocycles. The Kier molecular flexibility index (Phi) is 5.39. The third-order valence-electron chi connectivity index (χ3n) is 4.13. The standard InChI is InChI=1S/C16H27N3O2/c1-5-16(6-2)10-13(7-8-20-16)19-14-9-15(18-11-17-14)21-12(3)4/h9,11-13H,5-8,10H2,1-4H3,(H,17,18,19). The molecule has 2 rings (SSSR count). The molecule has 2 heterocycles. The Hall–Kier alpha value is -1.36. The topological polar surface area (TPSA) is 56.3 Å². The van der Waals surface area contributed by atoms with E-state index in [0.717, 1.165) is 38.1 Å². The third-order valence-corrected chi connectivity index (χ3v) is 4.13. The lowest BCUT2D eigenvalue weighted by Crippen LogP contribution is -2.43. The zero-order chi connectivity index (χ0) is 15.3. The molecular formula is C16H27N3O2. The Bertz CT molecular complexity index is 447. The average molecular weight is 293 g/mol. The first kappa shape index (κ1) is 16.0. The number of hydrogen-bond donors (Lipinski definition) is 1. The predicted octanol–water partition coefficient (Wildman–Crippen LogP) is 3.41. The predicted molar refractivity (Wildman–Crippen MR) is 83.7 cm³/mol. The van der Waals surface area contributed by atoms with E-state index in [1.165, 1.54) is 0 Å². The number of anilines is 1. The highest BCUT2D eigenvalue weighted by Crippen LogP contribution is 2.32. The van der Waals surface area contributed by atoms with Gasteiger partial charge in [0, 0.05) is 18.7 Å². The van der Waals surface area contributed by atoms with Crippen molar-refractivity contribution in [2.24, 2.45) is 0 Å². The second-order valence-corrected chi connectivity index (χ2v) is 5.98. The summed E-state index contributed by atoms with van der Waals surface area (Å²) >= 11 is 0. The summed E-state index contributed by atoms with van der Waals surface area (Å²) in [6, 6.07) is 2.26. The highest BCUT2D eigenvalue weighted by Gasteiger charge is 2.34. The normalized spacial score (nSPS) is 21.3. The van der Waals surface area contributed by atoms with Gasteiger partial charge in [0.1, 0.15) is 12.1 Å². The van der Waals surface area contributed by atoms with E-state index in [1.54, 1.807) is 6.33 Å². The molecule has 1 atom stereocenters. The number of aromatic nitrogens is 2. The molecule has 0 bridgehead atoms. The number of hydrogen-bond acceptors (Lipinski definition) is 5. The molecule has 118 valence electrons.